The van der Waals surface area contributed by atoms with Crippen molar-refractivity contribution in [1.29, 1.82) is 0 Å². The molecule has 5 heterocycles. The second-order valence-corrected chi connectivity index (χ2v) is 25.1. The number of carbonyl (C=O) groups excluding carboxylic acids is 4. The number of anilines is 4. The fraction of sp³-hybridized carbons (Fsp3) is 0.294. The number of benzene rings is 4. The van der Waals surface area contributed by atoms with Gasteiger partial charge in [-0.05, 0) is 126 Å². The van der Waals surface area contributed by atoms with Crippen molar-refractivity contribution in [3.8, 4) is 44.5 Å². The summed E-state index contributed by atoms with van der Waals surface area (Å²) in [6, 6.07) is 32.2. The fourth-order valence-corrected chi connectivity index (χ4v) is 10.3. The second kappa shape index (κ2) is 22.1. The van der Waals surface area contributed by atoms with Gasteiger partial charge in [0.1, 0.15) is 0 Å². The van der Waals surface area contributed by atoms with Crippen molar-refractivity contribution in [2.75, 3.05) is 21.3 Å². The van der Waals surface area contributed by atoms with Crippen LogP contribution in [0.5, 0.6) is 0 Å². The summed E-state index contributed by atoms with van der Waals surface area (Å²) in [5, 5.41) is 12.2. The number of fused-ring (bicyclic) bond motifs is 8. The van der Waals surface area contributed by atoms with Gasteiger partial charge >= 0.3 is 16.8 Å². The number of hydrogen-bond donors (Lipinski definition) is 4. The van der Waals surface area contributed by atoms with Gasteiger partial charge in [0.05, 0.1) is 45.5 Å². The van der Waals surface area contributed by atoms with Crippen molar-refractivity contribution in [1.82, 2.24) is 19.9 Å². The third-order valence-electron chi connectivity index (χ3n) is 14.4. The van der Waals surface area contributed by atoms with Crippen LogP contribution in [-0.2, 0) is 57.6 Å². The smallest absolute Gasteiger partial charge is 0.657 e. The minimum Gasteiger partial charge on any atom is -0.657 e. The molecule has 4 aromatic carbocycles. The van der Waals surface area contributed by atoms with E-state index in [0.717, 1.165) is 44.5 Å². The molecule has 0 saturated carbocycles. The number of rotatable bonds is 8. The molecule has 0 spiro atoms. The Kier molecular flexibility index (Phi) is 16.1. The molecule has 4 N–H and O–H groups in total. The summed E-state index contributed by atoms with van der Waals surface area (Å²) >= 11 is 0. The predicted molar refractivity (Wildman–Crippen MR) is 331 cm³/mol. The van der Waals surface area contributed by atoms with E-state index < -0.39 is 0 Å². The summed E-state index contributed by atoms with van der Waals surface area (Å²) in [6.45, 7) is 32.3. The zero-order valence-corrected chi connectivity index (χ0v) is 50.3. The van der Waals surface area contributed by atoms with Gasteiger partial charge in [0, 0.05) is 38.8 Å². The van der Waals surface area contributed by atoms with Gasteiger partial charge in [0.2, 0.25) is 23.6 Å². The van der Waals surface area contributed by atoms with E-state index in [2.05, 4.69) is 141 Å². The Morgan fingerprint density at radius 3 is 0.815 bits per heavy atom. The maximum absolute atomic E-state index is 13.1. The van der Waals surface area contributed by atoms with E-state index in [9.17, 15) is 19.2 Å². The van der Waals surface area contributed by atoms with E-state index in [4.69, 9.17) is 19.9 Å². The maximum atomic E-state index is 13.1. The zero-order valence-electron chi connectivity index (χ0n) is 49.3. The Morgan fingerprint density at radius 1 is 0.346 bits per heavy atom. The number of amides is 4. The van der Waals surface area contributed by atoms with Crippen LogP contribution in [0.2, 0.25) is 0 Å². The Hall–Kier alpha value is -8.13. The molecule has 4 amide bonds. The van der Waals surface area contributed by atoms with Crippen LogP contribution in [0.15, 0.2) is 97.1 Å². The number of carbonyl (C=O) groups is 4. The Labute approximate surface area is 486 Å². The number of aromatic nitrogens is 4. The average molecular weight is 1120 g/mol. The summed E-state index contributed by atoms with van der Waals surface area (Å²) in [5.74, 6) is -1.18. The van der Waals surface area contributed by atoms with E-state index in [-0.39, 0.29) is 62.1 Å². The normalized spacial score (nSPS) is 12.4. The summed E-state index contributed by atoms with van der Waals surface area (Å²) in [7, 11) is 0. The van der Waals surface area contributed by atoms with Gasteiger partial charge in [-0.25, -0.2) is 9.97 Å². The molecule has 417 valence electrons. The zero-order chi connectivity index (χ0) is 58.0. The van der Waals surface area contributed by atoms with E-state index in [1.165, 1.54) is 27.7 Å². The molecule has 12 nitrogen and oxygen atoms in total. The largest absolute Gasteiger partial charge is 2.00 e. The number of hydrogen-bond acceptors (Lipinski definition) is 6. The first-order chi connectivity index (χ1) is 37.4. The van der Waals surface area contributed by atoms with E-state index in [1.54, 1.807) is 12.1 Å². The average Bonchev–Trinajstić information content (AvgIpc) is 4.33. The first-order valence-corrected chi connectivity index (χ1v) is 27.2. The van der Waals surface area contributed by atoms with Crippen molar-refractivity contribution in [3.05, 3.63) is 142 Å². The molecule has 0 unspecified atom stereocenters. The third kappa shape index (κ3) is 12.4. The van der Waals surface area contributed by atoms with Crippen LogP contribution in [0.25, 0.3) is 90.9 Å². The van der Waals surface area contributed by atoms with E-state index in [0.29, 0.717) is 89.8 Å². The maximum Gasteiger partial charge on any atom is 2.00 e. The molecule has 0 saturated heterocycles. The van der Waals surface area contributed by atoms with Crippen molar-refractivity contribution >= 4 is 92.7 Å². The Balaban J connectivity index is 0.00000860. The van der Waals surface area contributed by atoms with E-state index in [1.807, 2.05) is 72.8 Å². The van der Waals surface area contributed by atoms with Crippen LogP contribution in [0.4, 0.5) is 22.7 Å². The standard InChI is InChI=1S/C68H74N8O4.Co/c1-37(77)69-47-19-17-20-48(70-38(2)78)61(47)63-55-27-23-51(73-55)59(41-31-43(65(5,6)7)35-44(32-41)66(8,9)10)53-25-29-57(75-53)64(62-49(71-39(3)79)21-18-22-50(62)72-40(4)80)58-30-26-54(76-58)60(52-24-28-56(63)74-52)42-33-45(67(11,12)13)36-46(34-42)68(14,15)16;/h17-36H,1-16H3,(H6,69,70,71,72,73,74,75,76,77,78,79,80);/q;+2/p-2. The van der Waals surface area contributed by atoms with Crippen LogP contribution >= 0.6 is 0 Å². The first kappa shape index (κ1) is 59.0. The minimum absolute atomic E-state index is 0. The van der Waals surface area contributed by atoms with Gasteiger partial charge in [-0.3, -0.25) is 19.2 Å². The molecule has 7 aromatic rings. The van der Waals surface area contributed by atoms with Crippen molar-refractivity contribution in [3.63, 3.8) is 0 Å². The number of nitrogens with one attached hydrogen (secondary N) is 4. The molecule has 2 aliphatic rings. The van der Waals surface area contributed by atoms with Gasteiger partial charge in [0.15, 0.2) is 0 Å². The Bertz CT molecular complexity index is 3570. The van der Waals surface area contributed by atoms with Crippen LogP contribution in [0.3, 0.4) is 0 Å². The molecule has 0 atom stereocenters. The molecular formula is C68H72CoN8O4. The molecule has 1 radical (unpaired) electrons. The predicted octanol–water partition coefficient (Wildman–Crippen LogP) is 15.6. The van der Waals surface area contributed by atoms with Gasteiger partial charge in [0.25, 0.3) is 0 Å². The van der Waals surface area contributed by atoms with Crippen LogP contribution < -0.4 is 31.2 Å². The molecule has 81 heavy (non-hydrogen) atoms. The van der Waals surface area contributed by atoms with Crippen LogP contribution in [0, 0.1) is 0 Å². The van der Waals surface area contributed by atoms with Crippen molar-refractivity contribution < 1.29 is 36.0 Å². The van der Waals surface area contributed by atoms with Gasteiger partial charge in [-0.2, -0.15) is 0 Å². The molecule has 0 aliphatic carbocycles. The molecular weight excluding hydrogens is 1050 g/mol. The minimum atomic E-state index is -0.295. The van der Waals surface area contributed by atoms with Crippen LogP contribution in [-0.4, -0.2) is 33.6 Å². The molecule has 13 heteroatoms. The monoisotopic (exact) mass is 1120 g/mol. The summed E-state index contributed by atoms with van der Waals surface area (Å²) < 4.78 is 0. The molecule has 0 fully saturated rings. The topological polar surface area (TPSA) is 170 Å². The van der Waals surface area contributed by atoms with Gasteiger partial charge in [-0.15, -0.1) is 22.1 Å². The third-order valence-corrected chi connectivity index (χ3v) is 14.4. The summed E-state index contributed by atoms with van der Waals surface area (Å²) in [5.41, 5.74) is 15.4. The SMILES string of the molecule is CC(=O)Nc1cccc(NC(C)=O)c1-c1c2nc(c(-c3cc(C(C)(C)C)cc(C(C)(C)C)c3)c3ccc([n-]3)c(-c3c(NC(C)=O)cccc3NC(C)=O)c3nc(c(-c4cc(C(C)(C)C)cc(C(C)(C)C)c4)c4ccc1[n-]4)C=C3)C=C2.[Co+2]. The molecule has 3 aromatic heterocycles. The first-order valence-electron chi connectivity index (χ1n) is 27.2. The number of nitrogens with zero attached hydrogens (tertiary/aromatic N) is 4. The molecule has 2 aliphatic heterocycles. The van der Waals surface area contributed by atoms with Crippen LogP contribution in [0.1, 0.15) is 156 Å². The Morgan fingerprint density at radius 2 is 0.580 bits per heavy atom. The second-order valence-electron chi connectivity index (χ2n) is 25.1. The molecule has 9 rings (SSSR count). The van der Waals surface area contributed by atoms with E-state index >= 15 is 0 Å². The molecule has 8 bridgehead atoms. The van der Waals surface area contributed by atoms with Gasteiger partial charge < -0.3 is 31.2 Å². The van der Waals surface area contributed by atoms with Gasteiger partial charge in [-0.1, -0.05) is 156 Å². The fourth-order valence-electron chi connectivity index (χ4n) is 10.3. The van der Waals surface area contributed by atoms with Crippen molar-refractivity contribution in [2.24, 2.45) is 0 Å². The summed E-state index contributed by atoms with van der Waals surface area (Å²) in [6.07, 6.45) is 7.89. The van der Waals surface area contributed by atoms with Crippen molar-refractivity contribution in [2.45, 2.75) is 132 Å². The quantitative estimate of drug-likeness (QED) is 0.116. The summed E-state index contributed by atoms with van der Waals surface area (Å²) in [4.78, 5) is 74.8.